The van der Waals surface area contributed by atoms with Crippen LogP contribution in [0.3, 0.4) is 0 Å². The van der Waals surface area contributed by atoms with Gasteiger partial charge in [-0.1, -0.05) is 17.7 Å². The van der Waals surface area contributed by atoms with Crippen molar-refractivity contribution in [1.29, 1.82) is 0 Å². The van der Waals surface area contributed by atoms with E-state index in [-0.39, 0.29) is 11.9 Å². The molecule has 1 amide bonds. The molecule has 1 saturated heterocycles. The lowest BCUT2D eigenvalue weighted by molar-refractivity contribution is -0.192. The summed E-state index contributed by atoms with van der Waals surface area (Å²) in [4.78, 5) is 26.2. The Kier molecular flexibility index (Phi) is 7.83. The third kappa shape index (κ3) is 6.55. The first-order valence-corrected chi connectivity index (χ1v) is 9.72. The molecule has 1 aromatic heterocycles. The largest absolute Gasteiger partial charge is 0.490 e. The monoisotopic (exact) mass is 440 g/mol. The van der Waals surface area contributed by atoms with E-state index in [4.69, 9.17) is 9.90 Å². The van der Waals surface area contributed by atoms with Gasteiger partial charge in [-0.05, 0) is 51.6 Å². The van der Waals surface area contributed by atoms with E-state index >= 15 is 0 Å². The summed E-state index contributed by atoms with van der Waals surface area (Å²) in [5, 5.41) is 11.4. The number of carbonyl (C=O) groups excluding carboxylic acids is 1. The molecule has 1 fully saturated rings. The Hall–Kier alpha value is -2.88. The number of likely N-dealkylation sites (tertiary alicyclic amines) is 1. The minimum Gasteiger partial charge on any atom is -0.475 e. The van der Waals surface area contributed by atoms with Crippen molar-refractivity contribution in [3.05, 3.63) is 53.3 Å². The number of carboxylic acid groups (broad SMARTS) is 1. The first-order chi connectivity index (χ1) is 14.4. The molecule has 0 unspecified atom stereocenters. The first-order valence-electron chi connectivity index (χ1n) is 9.72. The van der Waals surface area contributed by atoms with Crippen molar-refractivity contribution in [1.82, 2.24) is 19.6 Å². The number of hydrogen-bond acceptors (Lipinski definition) is 4. The molecule has 10 heteroatoms. The van der Waals surface area contributed by atoms with Gasteiger partial charge in [-0.15, -0.1) is 0 Å². The Morgan fingerprint density at radius 1 is 1.29 bits per heavy atom. The predicted octanol–water partition coefficient (Wildman–Crippen LogP) is 2.75. The molecule has 0 radical (unpaired) electrons. The maximum absolute atomic E-state index is 13.1. The lowest BCUT2D eigenvalue weighted by Gasteiger charge is -2.31. The molecule has 0 aliphatic carbocycles. The summed E-state index contributed by atoms with van der Waals surface area (Å²) in [5.41, 5.74) is 3.08. The van der Waals surface area contributed by atoms with Gasteiger partial charge >= 0.3 is 12.1 Å². The summed E-state index contributed by atoms with van der Waals surface area (Å²) in [5.74, 6) is -2.62. The molecule has 2 heterocycles. The molecular formula is C21H27F3N4O3. The number of aryl methyl sites for hydroxylation is 2. The van der Waals surface area contributed by atoms with E-state index in [9.17, 15) is 18.0 Å². The third-order valence-corrected chi connectivity index (χ3v) is 5.15. The second kappa shape index (κ2) is 9.95. The van der Waals surface area contributed by atoms with Gasteiger partial charge in [0.25, 0.3) is 5.91 Å². The highest BCUT2D eigenvalue weighted by atomic mass is 19.4. The summed E-state index contributed by atoms with van der Waals surface area (Å²) >= 11 is 0. The van der Waals surface area contributed by atoms with Gasteiger partial charge in [0.1, 0.15) is 0 Å². The number of amides is 1. The highest BCUT2D eigenvalue weighted by Crippen LogP contribution is 2.26. The average Bonchev–Trinajstić information content (AvgIpc) is 3.27. The topological polar surface area (TPSA) is 78.7 Å². The summed E-state index contributed by atoms with van der Waals surface area (Å²) in [6.07, 6.45) is 0.713. The van der Waals surface area contributed by atoms with Crippen LogP contribution in [0.25, 0.3) is 0 Å². The van der Waals surface area contributed by atoms with E-state index in [1.807, 2.05) is 60.2 Å². The van der Waals surface area contributed by atoms with Crippen LogP contribution in [0.1, 0.15) is 27.9 Å². The number of carbonyl (C=O) groups is 2. The van der Waals surface area contributed by atoms with Gasteiger partial charge in [0, 0.05) is 31.4 Å². The summed E-state index contributed by atoms with van der Waals surface area (Å²) in [7, 11) is 6.13. The number of nitrogens with zero attached hydrogens (tertiary/aromatic N) is 4. The van der Waals surface area contributed by atoms with Crippen LogP contribution in [-0.2, 0) is 18.3 Å². The second-order valence-corrected chi connectivity index (χ2v) is 7.78. The molecule has 1 aromatic carbocycles. The van der Waals surface area contributed by atoms with Crippen molar-refractivity contribution in [3.63, 3.8) is 0 Å². The number of rotatable bonds is 4. The number of benzene rings is 1. The zero-order valence-corrected chi connectivity index (χ0v) is 17.9. The van der Waals surface area contributed by atoms with Crippen molar-refractivity contribution in [2.45, 2.75) is 38.0 Å². The number of hydrogen-bond donors (Lipinski definition) is 1. The third-order valence-electron chi connectivity index (χ3n) is 5.15. The lowest BCUT2D eigenvalue weighted by Crippen LogP contribution is -2.45. The number of halogens is 3. The number of aromatic nitrogens is 2. The molecule has 1 aliphatic heterocycles. The van der Waals surface area contributed by atoms with Crippen LogP contribution in [-0.4, -0.2) is 75.5 Å². The number of aliphatic carboxylic acids is 1. The van der Waals surface area contributed by atoms with Crippen LogP contribution in [0.15, 0.2) is 36.7 Å². The lowest BCUT2D eigenvalue weighted by atomic mass is 10.0. The van der Waals surface area contributed by atoms with Crippen molar-refractivity contribution in [2.24, 2.45) is 7.05 Å². The Morgan fingerprint density at radius 3 is 2.42 bits per heavy atom. The summed E-state index contributed by atoms with van der Waals surface area (Å²) in [6.45, 7) is 2.83. The summed E-state index contributed by atoms with van der Waals surface area (Å²) < 4.78 is 33.6. The molecule has 1 aliphatic rings. The second-order valence-electron chi connectivity index (χ2n) is 7.78. The molecule has 3 rings (SSSR count). The average molecular weight is 440 g/mol. The normalized spacial score (nSPS) is 18.6. The standard InChI is InChI=1S/C19H26N4O.C2HF3O2/c1-14-6-5-7-16(10-14)19(24)23-9-8-17(21(2)3)18(23)11-15-12-20-22(4)13-15;3-2(4,5)1(6)7/h5-7,10,12-13,17-18H,8-9,11H2,1-4H3;(H,6,7)/t17-,18+;/m1./s1. The number of carboxylic acids is 1. The van der Waals surface area contributed by atoms with Crippen molar-refractivity contribution in [3.8, 4) is 0 Å². The molecular weight excluding hydrogens is 413 g/mol. The molecule has 31 heavy (non-hydrogen) atoms. The van der Waals surface area contributed by atoms with Gasteiger partial charge in [0.2, 0.25) is 0 Å². The molecule has 7 nitrogen and oxygen atoms in total. The highest BCUT2D eigenvalue weighted by molar-refractivity contribution is 5.94. The quantitative estimate of drug-likeness (QED) is 0.791. The molecule has 0 spiro atoms. The van der Waals surface area contributed by atoms with Gasteiger partial charge in [0.05, 0.1) is 12.2 Å². The fourth-order valence-electron chi connectivity index (χ4n) is 3.70. The van der Waals surface area contributed by atoms with Gasteiger partial charge in [-0.3, -0.25) is 9.48 Å². The van der Waals surface area contributed by atoms with Gasteiger partial charge < -0.3 is 14.9 Å². The molecule has 1 N–H and O–H groups in total. The molecule has 2 aromatic rings. The molecule has 0 saturated carbocycles. The fourth-order valence-corrected chi connectivity index (χ4v) is 3.70. The van der Waals surface area contributed by atoms with E-state index < -0.39 is 12.1 Å². The van der Waals surface area contributed by atoms with Crippen LogP contribution in [0.4, 0.5) is 13.2 Å². The van der Waals surface area contributed by atoms with Crippen LogP contribution in [0.5, 0.6) is 0 Å². The van der Waals surface area contributed by atoms with Crippen molar-refractivity contribution < 1.29 is 27.9 Å². The molecule has 170 valence electrons. The molecule has 2 atom stereocenters. The van der Waals surface area contributed by atoms with Crippen LogP contribution in [0, 0.1) is 6.92 Å². The molecule has 0 bridgehead atoms. The minimum absolute atomic E-state index is 0.136. The van der Waals surface area contributed by atoms with E-state index in [1.165, 1.54) is 5.56 Å². The van der Waals surface area contributed by atoms with Crippen molar-refractivity contribution >= 4 is 11.9 Å². The highest BCUT2D eigenvalue weighted by Gasteiger charge is 2.39. The van der Waals surface area contributed by atoms with Crippen LogP contribution < -0.4 is 0 Å². The summed E-state index contributed by atoms with van der Waals surface area (Å²) in [6, 6.07) is 8.43. The van der Waals surface area contributed by atoms with Gasteiger partial charge in [-0.2, -0.15) is 18.3 Å². The Morgan fingerprint density at radius 2 is 1.94 bits per heavy atom. The number of likely N-dealkylation sites (N-methyl/N-ethyl adjacent to an activating group) is 1. The van der Waals surface area contributed by atoms with E-state index in [0.29, 0.717) is 6.04 Å². The SMILES string of the molecule is Cc1cccc(C(=O)N2CC[C@@H](N(C)C)[C@@H]2Cc2cnn(C)c2)c1.O=C(O)C(F)(F)F. The minimum atomic E-state index is -5.08. The van der Waals surface area contributed by atoms with Crippen LogP contribution >= 0.6 is 0 Å². The fraction of sp³-hybridized carbons (Fsp3) is 0.476. The maximum Gasteiger partial charge on any atom is 0.490 e. The Labute approximate surface area is 179 Å². The maximum atomic E-state index is 13.1. The van der Waals surface area contributed by atoms with Crippen LogP contribution in [0.2, 0.25) is 0 Å². The number of alkyl halides is 3. The van der Waals surface area contributed by atoms with Gasteiger partial charge in [-0.25, -0.2) is 4.79 Å². The Bertz CT molecular complexity index is 911. The Balaban J connectivity index is 0.000000423. The van der Waals surface area contributed by atoms with E-state index in [2.05, 4.69) is 24.1 Å². The zero-order valence-electron chi connectivity index (χ0n) is 17.9. The first kappa shape index (κ1) is 24.4. The van der Waals surface area contributed by atoms with Crippen molar-refractivity contribution in [2.75, 3.05) is 20.6 Å². The van der Waals surface area contributed by atoms with E-state index in [1.54, 1.807) is 0 Å². The van der Waals surface area contributed by atoms with E-state index in [0.717, 1.165) is 30.5 Å². The zero-order chi connectivity index (χ0) is 23.3. The predicted molar refractivity (Wildman–Crippen MR) is 109 cm³/mol. The van der Waals surface area contributed by atoms with Gasteiger partial charge in [0.15, 0.2) is 0 Å². The smallest absolute Gasteiger partial charge is 0.475 e.